The number of anilines is 1. The summed E-state index contributed by atoms with van der Waals surface area (Å²) in [6.07, 6.45) is 5.08. The third-order valence-electron chi connectivity index (χ3n) is 4.63. The van der Waals surface area contributed by atoms with Gasteiger partial charge in [0.15, 0.2) is 0 Å². The fourth-order valence-corrected chi connectivity index (χ4v) is 3.67. The first kappa shape index (κ1) is 13.4. The maximum absolute atomic E-state index is 9.36. The SMILES string of the molecule is Cc1cc(C)c(C#N)c(NC2CCN3CCCCC23)n1. The lowest BCUT2D eigenvalue weighted by atomic mass is 9.98. The maximum atomic E-state index is 9.36. The first-order valence-corrected chi connectivity index (χ1v) is 7.58. The van der Waals surface area contributed by atoms with Crippen LogP contribution in [0.4, 0.5) is 5.82 Å². The summed E-state index contributed by atoms with van der Waals surface area (Å²) in [5, 5.41) is 12.9. The van der Waals surface area contributed by atoms with E-state index in [2.05, 4.69) is 21.3 Å². The van der Waals surface area contributed by atoms with E-state index in [1.807, 2.05) is 19.9 Å². The molecule has 2 fully saturated rings. The molecular formula is C16H22N4. The molecule has 106 valence electrons. The lowest BCUT2D eigenvalue weighted by Crippen LogP contribution is -2.42. The van der Waals surface area contributed by atoms with E-state index in [4.69, 9.17) is 0 Å². The molecule has 0 aliphatic carbocycles. The van der Waals surface area contributed by atoms with Crippen molar-refractivity contribution in [2.75, 3.05) is 18.4 Å². The van der Waals surface area contributed by atoms with Gasteiger partial charge in [-0.3, -0.25) is 4.90 Å². The topological polar surface area (TPSA) is 52.0 Å². The number of hydrogen-bond donors (Lipinski definition) is 1. The third kappa shape index (κ3) is 2.38. The number of hydrogen-bond acceptors (Lipinski definition) is 4. The number of pyridine rings is 1. The highest BCUT2D eigenvalue weighted by atomic mass is 15.2. The van der Waals surface area contributed by atoms with Gasteiger partial charge in [-0.15, -0.1) is 0 Å². The van der Waals surface area contributed by atoms with Gasteiger partial charge in [0.2, 0.25) is 0 Å². The van der Waals surface area contributed by atoms with E-state index in [1.54, 1.807) is 0 Å². The number of piperidine rings is 1. The van der Waals surface area contributed by atoms with E-state index < -0.39 is 0 Å². The summed E-state index contributed by atoms with van der Waals surface area (Å²) in [6, 6.07) is 5.34. The minimum Gasteiger partial charge on any atom is -0.365 e. The summed E-state index contributed by atoms with van der Waals surface area (Å²) in [5.41, 5.74) is 2.69. The van der Waals surface area contributed by atoms with Crippen molar-refractivity contribution in [1.29, 1.82) is 5.26 Å². The largest absolute Gasteiger partial charge is 0.365 e. The van der Waals surface area contributed by atoms with Crippen LogP contribution >= 0.6 is 0 Å². The first-order valence-electron chi connectivity index (χ1n) is 7.58. The molecule has 0 saturated carbocycles. The predicted molar refractivity (Wildman–Crippen MR) is 79.7 cm³/mol. The van der Waals surface area contributed by atoms with Crippen molar-refractivity contribution in [1.82, 2.24) is 9.88 Å². The molecule has 2 atom stereocenters. The van der Waals surface area contributed by atoms with Crippen molar-refractivity contribution in [3.63, 3.8) is 0 Å². The highest BCUT2D eigenvalue weighted by molar-refractivity contribution is 5.57. The molecule has 1 aromatic rings. The minimum atomic E-state index is 0.441. The number of nitrogens with one attached hydrogen (secondary N) is 1. The Morgan fingerprint density at radius 1 is 1.30 bits per heavy atom. The highest BCUT2D eigenvalue weighted by Gasteiger charge is 2.35. The van der Waals surface area contributed by atoms with Crippen LogP contribution in [0.25, 0.3) is 0 Å². The molecule has 0 radical (unpaired) electrons. The molecule has 3 rings (SSSR count). The second-order valence-electron chi connectivity index (χ2n) is 6.05. The molecule has 0 spiro atoms. The smallest absolute Gasteiger partial charge is 0.144 e. The zero-order chi connectivity index (χ0) is 14.1. The van der Waals surface area contributed by atoms with Gasteiger partial charge in [-0.05, 0) is 51.3 Å². The molecule has 1 N–H and O–H groups in total. The molecule has 0 amide bonds. The zero-order valence-electron chi connectivity index (χ0n) is 12.3. The van der Waals surface area contributed by atoms with Crippen molar-refractivity contribution in [2.45, 2.75) is 51.6 Å². The molecule has 0 bridgehead atoms. The highest BCUT2D eigenvalue weighted by Crippen LogP contribution is 2.30. The summed E-state index contributed by atoms with van der Waals surface area (Å²) < 4.78 is 0. The summed E-state index contributed by atoms with van der Waals surface area (Å²) in [7, 11) is 0. The Kier molecular flexibility index (Phi) is 3.62. The molecular weight excluding hydrogens is 248 g/mol. The van der Waals surface area contributed by atoms with Crippen molar-refractivity contribution in [2.24, 2.45) is 0 Å². The van der Waals surface area contributed by atoms with E-state index in [0.29, 0.717) is 17.6 Å². The monoisotopic (exact) mass is 270 g/mol. The molecule has 2 unspecified atom stereocenters. The second kappa shape index (κ2) is 5.41. The number of nitriles is 1. The van der Waals surface area contributed by atoms with Crippen LogP contribution in [0.5, 0.6) is 0 Å². The molecule has 3 heterocycles. The van der Waals surface area contributed by atoms with Crippen molar-refractivity contribution in [3.05, 3.63) is 22.9 Å². The Morgan fingerprint density at radius 2 is 2.15 bits per heavy atom. The van der Waals surface area contributed by atoms with E-state index in [1.165, 1.54) is 32.4 Å². The number of rotatable bonds is 2. The van der Waals surface area contributed by atoms with Gasteiger partial charge in [0.25, 0.3) is 0 Å². The fourth-order valence-electron chi connectivity index (χ4n) is 3.67. The van der Waals surface area contributed by atoms with Gasteiger partial charge < -0.3 is 5.32 Å². The minimum absolute atomic E-state index is 0.441. The van der Waals surface area contributed by atoms with Crippen molar-refractivity contribution in [3.8, 4) is 6.07 Å². The fraction of sp³-hybridized carbons (Fsp3) is 0.625. The van der Waals surface area contributed by atoms with Crippen molar-refractivity contribution >= 4 is 5.82 Å². The Balaban J connectivity index is 1.83. The van der Waals surface area contributed by atoms with E-state index in [-0.39, 0.29) is 0 Å². The van der Waals surface area contributed by atoms with Crippen LogP contribution in [0, 0.1) is 25.2 Å². The van der Waals surface area contributed by atoms with Crippen LogP contribution in [0.2, 0.25) is 0 Å². The van der Waals surface area contributed by atoms with E-state index >= 15 is 0 Å². The van der Waals surface area contributed by atoms with Crippen LogP contribution < -0.4 is 5.32 Å². The lowest BCUT2D eigenvalue weighted by molar-refractivity contribution is 0.192. The summed E-state index contributed by atoms with van der Waals surface area (Å²) >= 11 is 0. The molecule has 2 aliphatic rings. The van der Waals surface area contributed by atoms with Crippen LogP contribution in [0.1, 0.15) is 42.5 Å². The number of fused-ring (bicyclic) bond motifs is 1. The van der Waals surface area contributed by atoms with Crippen LogP contribution in [0.15, 0.2) is 6.07 Å². The van der Waals surface area contributed by atoms with Crippen LogP contribution in [-0.4, -0.2) is 35.1 Å². The Labute approximate surface area is 120 Å². The van der Waals surface area contributed by atoms with Crippen molar-refractivity contribution < 1.29 is 0 Å². The standard InChI is InChI=1S/C16H22N4/c1-11-9-12(2)18-16(13(11)10-17)19-14-6-8-20-7-4-3-5-15(14)20/h9,14-15H,3-8H2,1-2H3,(H,18,19). The third-order valence-corrected chi connectivity index (χ3v) is 4.63. The van der Waals surface area contributed by atoms with Gasteiger partial charge in [-0.1, -0.05) is 6.42 Å². The van der Waals surface area contributed by atoms with Gasteiger partial charge in [0, 0.05) is 24.3 Å². The molecule has 20 heavy (non-hydrogen) atoms. The quantitative estimate of drug-likeness (QED) is 0.897. The molecule has 2 aliphatic heterocycles. The molecule has 0 aromatic carbocycles. The van der Waals surface area contributed by atoms with E-state index in [9.17, 15) is 5.26 Å². The second-order valence-corrected chi connectivity index (χ2v) is 6.05. The summed E-state index contributed by atoms with van der Waals surface area (Å²) in [6.45, 7) is 6.38. The Hall–Kier alpha value is -1.60. The average molecular weight is 270 g/mol. The predicted octanol–water partition coefficient (Wildman–Crippen LogP) is 2.61. The molecule has 1 aromatic heterocycles. The number of aryl methyl sites for hydroxylation is 2. The van der Waals surface area contributed by atoms with Gasteiger partial charge in [-0.25, -0.2) is 4.98 Å². The number of nitrogens with zero attached hydrogens (tertiary/aromatic N) is 3. The summed E-state index contributed by atoms with van der Waals surface area (Å²) in [5.74, 6) is 0.780. The normalized spacial score (nSPS) is 26.1. The number of aromatic nitrogens is 1. The van der Waals surface area contributed by atoms with E-state index in [0.717, 1.165) is 23.5 Å². The zero-order valence-corrected chi connectivity index (χ0v) is 12.3. The Morgan fingerprint density at radius 3 is 2.95 bits per heavy atom. The summed E-state index contributed by atoms with van der Waals surface area (Å²) in [4.78, 5) is 7.15. The average Bonchev–Trinajstić information content (AvgIpc) is 2.82. The van der Waals surface area contributed by atoms with Gasteiger partial charge in [0.1, 0.15) is 11.9 Å². The van der Waals surface area contributed by atoms with Crippen LogP contribution in [-0.2, 0) is 0 Å². The first-order chi connectivity index (χ1) is 9.69. The lowest BCUT2D eigenvalue weighted by Gasteiger charge is -2.32. The van der Waals surface area contributed by atoms with Gasteiger partial charge >= 0.3 is 0 Å². The molecule has 4 nitrogen and oxygen atoms in total. The molecule has 4 heteroatoms. The molecule has 2 saturated heterocycles. The van der Waals surface area contributed by atoms with Gasteiger partial charge in [-0.2, -0.15) is 5.26 Å². The maximum Gasteiger partial charge on any atom is 0.144 e. The van der Waals surface area contributed by atoms with Crippen LogP contribution in [0.3, 0.4) is 0 Å². The van der Waals surface area contributed by atoms with Gasteiger partial charge in [0.05, 0.1) is 5.56 Å². The Bertz CT molecular complexity index is 546.